The molecule has 3 heteroatoms. The van der Waals surface area contributed by atoms with Crippen LogP contribution < -0.4 is 0 Å². The molecule has 1 aromatic carbocycles. The third-order valence-corrected chi connectivity index (χ3v) is 13.1. The van der Waals surface area contributed by atoms with Crippen molar-refractivity contribution < 1.29 is 4.39 Å². The third kappa shape index (κ3) is 3.19. The number of hydrogen-bond donors (Lipinski definition) is 0. The summed E-state index contributed by atoms with van der Waals surface area (Å²) in [5, 5.41) is 0.0278. The van der Waals surface area contributed by atoms with Gasteiger partial charge in [0.15, 0.2) is 4.20 Å². The molecule has 0 N–H and O–H groups in total. The molecule has 0 aliphatic carbocycles. The lowest BCUT2D eigenvalue weighted by atomic mass is 10.2. The van der Waals surface area contributed by atoms with Crippen LogP contribution in [0.25, 0.3) is 0 Å². The van der Waals surface area contributed by atoms with E-state index in [0.717, 1.165) is 5.56 Å². The number of alkyl halides is 2. The van der Waals surface area contributed by atoms with E-state index in [1.807, 2.05) is 30.3 Å². The molecule has 1 unspecified atom stereocenters. The molecule has 0 nitrogen and oxygen atoms in total. The Kier molecular flexibility index (Phi) is 4.25. The van der Waals surface area contributed by atoms with E-state index in [0.29, 0.717) is 6.42 Å². The van der Waals surface area contributed by atoms with E-state index in [1.165, 1.54) is 0 Å². The molecule has 17 heavy (non-hydrogen) atoms. The van der Waals surface area contributed by atoms with E-state index in [9.17, 15) is 0 Å². The molecule has 0 aliphatic rings. The van der Waals surface area contributed by atoms with E-state index >= 15 is 4.39 Å². The van der Waals surface area contributed by atoms with Gasteiger partial charge in [0.25, 0.3) is 0 Å². The Balaban J connectivity index is 2.96. The molecule has 0 amide bonds. The van der Waals surface area contributed by atoms with Gasteiger partial charge in [-0.1, -0.05) is 80.1 Å². The maximum absolute atomic E-state index is 15.0. The Morgan fingerprint density at radius 2 is 1.59 bits per heavy atom. The molecule has 1 atom stereocenters. The van der Waals surface area contributed by atoms with Crippen molar-refractivity contribution in [2.75, 3.05) is 0 Å². The van der Waals surface area contributed by atoms with E-state index in [1.54, 1.807) is 0 Å². The van der Waals surface area contributed by atoms with Gasteiger partial charge in [0, 0.05) is 6.42 Å². The second kappa shape index (κ2) is 4.85. The largest absolute Gasteiger partial charge is 0.235 e. The zero-order valence-electron chi connectivity index (χ0n) is 11.3. The molecule has 0 spiro atoms. The van der Waals surface area contributed by atoms with Crippen molar-refractivity contribution in [2.45, 2.75) is 49.5 Å². The molecule has 0 heterocycles. The Labute approximate surface area is 114 Å². The predicted molar refractivity (Wildman–Crippen MR) is 80.1 cm³/mol. The Morgan fingerprint density at radius 1 is 1.12 bits per heavy atom. The summed E-state index contributed by atoms with van der Waals surface area (Å²) < 4.78 is 13.8. The van der Waals surface area contributed by atoms with Crippen LogP contribution in [0.4, 0.5) is 4.39 Å². The van der Waals surface area contributed by atoms with Crippen molar-refractivity contribution in [2.24, 2.45) is 0 Å². The topological polar surface area (TPSA) is 0 Å². The normalized spacial score (nSPS) is 16.6. The van der Waals surface area contributed by atoms with Crippen LogP contribution in [0.2, 0.25) is 18.1 Å². The number of rotatable bonds is 3. The zero-order valence-corrected chi connectivity index (χ0v) is 13.9. The molecule has 0 aliphatic heterocycles. The van der Waals surface area contributed by atoms with Crippen LogP contribution in [-0.4, -0.2) is 12.3 Å². The molecular weight excluding hydrogens is 295 g/mol. The first-order valence-corrected chi connectivity index (χ1v) is 9.79. The molecule has 0 saturated heterocycles. The Bertz CT molecular complexity index is 366. The second-order valence-electron chi connectivity index (χ2n) is 6.24. The second-order valence-corrected chi connectivity index (χ2v) is 13.8. The van der Waals surface area contributed by atoms with Crippen LogP contribution in [0, 0.1) is 0 Å². The molecule has 1 rings (SSSR count). The minimum Gasteiger partial charge on any atom is -0.235 e. The van der Waals surface area contributed by atoms with Crippen molar-refractivity contribution in [1.82, 2.24) is 0 Å². The van der Waals surface area contributed by atoms with Crippen LogP contribution in [0.5, 0.6) is 0 Å². The summed E-state index contributed by atoms with van der Waals surface area (Å²) in [6, 6.07) is 9.86. The fourth-order valence-electron chi connectivity index (χ4n) is 1.62. The maximum atomic E-state index is 15.0. The minimum atomic E-state index is -2.07. The lowest BCUT2D eigenvalue weighted by molar-refractivity contribution is 0.377. The van der Waals surface area contributed by atoms with Gasteiger partial charge < -0.3 is 0 Å². The minimum absolute atomic E-state index is 0.0278. The highest BCUT2D eigenvalue weighted by atomic mass is 79.9. The molecule has 0 aromatic heterocycles. The maximum Gasteiger partial charge on any atom is 0.155 e. The Morgan fingerprint density at radius 3 is 2.00 bits per heavy atom. The lowest BCUT2D eigenvalue weighted by Crippen LogP contribution is -2.54. The summed E-state index contributed by atoms with van der Waals surface area (Å²) in [4.78, 5) is 0. The summed E-state index contributed by atoms with van der Waals surface area (Å²) in [7, 11) is -2.07. The summed E-state index contributed by atoms with van der Waals surface area (Å²) in [6.45, 7) is 10.6. The molecule has 96 valence electrons. The SMILES string of the molecule is CC(C)(C)[Si](C)(C)C(F)(Br)Cc1ccccc1. The highest BCUT2D eigenvalue weighted by Crippen LogP contribution is 2.48. The van der Waals surface area contributed by atoms with Crippen molar-refractivity contribution in [3.05, 3.63) is 35.9 Å². The highest BCUT2D eigenvalue weighted by molar-refractivity contribution is 9.10. The summed E-state index contributed by atoms with van der Waals surface area (Å²) in [5.74, 6) is 0. The summed E-state index contributed by atoms with van der Waals surface area (Å²) in [6.07, 6.45) is 0.449. The fraction of sp³-hybridized carbons (Fsp3) is 0.571. The van der Waals surface area contributed by atoms with E-state index in [2.05, 4.69) is 49.8 Å². The van der Waals surface area contributed by atoms with Crippen molar-refractivity contribution >= 4 is 24.0 Å². The predicted octanol–water partition coefficient (Wildman–Crippen LogP) is 5.34. The molecule has 0 fully saturated rings. The zero-order chi connectivity index (χ0) is 13.3. The van der Waals surface area contributed by atoms with Crippen LogP contribution in [0.1, 0.15) is 26.3 Å². The van der Waals surface area contributed by atoms with Gasteiger partial charge in [-0.2, -0.15) is 0 Å². The quantitative estimate of drug-likeness (QED) is 0.521. The van der Waals surface area contributed by atoms with Gasteiger partial charge in [0.05, 0.1) is 0 Å². The van der Waals surface area contributed by atoms with Crippen LogP contribution in [-0.2, 0) is 6.42 Å². The Hall–Kier alpha value is -0.153. The molecule has 1 aromatic rings. The van der Waals surface area contributed by atoms with Crippen molar-refractivity contribution in [3.8, 4) is 0 Å². The standard InChI is InChI=1S/C14H22BrFSi/c1-13(2,3)17(4,5)14(15,16)11-12-9-7-6-8-10-12/h6-10H,11H2,1-5H3. The number of benzene rings is 1. The first-order chi connectivity index (χ1) is 7.58. The average molecular weight is 317 g/mol. The van der Waals surface area contributed by atoms with E-state index in [4.69, 9.17) is 0 Å². The molecule has 0 bridgehead atoms. The monoisotopic (exact) mass is 316 g/mol. The van der Waals surface area contributed by atoms with Gasteiger partial charge in [-0.05, 0) is 10.6 Å². The van der Waals surface area contributed by atoms with Crippen molar-refractivity contribution in [3.63, 3.8) is 0 Å². The van der Waals surface area contributed by atoms with Gasteiger partial charge >= 0.3 is 0 Å². The van der Waals surface area contributed by atoms with Crippen LogP contribution in [0.15, 0.2) is 30.3 Å². The van der Waals surface area contributed by atoms with Gasteiger partial charge in [-0.25, -0.2) is 4.39 Å². The first kappa shape index (κ1) is 14.9. The summed E-state index contributed by atoms with van der Waals surface area (Å²) in [5.41, 5.74) is 1.05. The van der Waals surface area contributed by atoms with E-state index in [-0.39, 0.29) is 5.04 Å². The summed E-state index contributed by atoms with van der Waals surface area (Å²) >= 11 is 3.37. The van der Waals surface area contributed by atoms with Crippen LogP contribution >= 0.6 is 15.9 Å². The highest BCUT2D eigenvalue weighted by Gasteiger charge is 2.52. The van der Waals surface area contributed by atoms with Gasteiger partial charge in [0.1, 0.15) is 8.07 Å². The van der Waals surface area contributed by atoms with Crippen molar-refractivity contribution in [1.29, 1.82) is 0 Å². The molecule has 0 radical (unpaired) electrons. The molecule has 0 saturated carbocycles. The average Bonchev–Trinajstić information content (AvgIpc) is 2.16. The van der Waals surface area contributed by atoms with Gasteiger partial charge in [0.2, 0.25) is 0 Å². The third-order valence-electron chi connectivity index (χ3n) is 4.06. The van der Waals surface area contributed by atoms with Crippen LogP contribution in [0.3, 0.4) is 0 Å². The molecular formula is C14H22BrFSi. The number of hydrogen-bond acceptors (Lipinski definition) is 0. The smallest absolute Gasteiger partial charge is 0.155 e. The number of halogens is 2. The fourth-order valence-corrected chi connectivity index (χ4v) is 5.47. The van der Waals surface area contributed by atoms with Gasteiger partial charge in [-0.15, -0.1) is 0 Å². The lowest BCUT2D eigenvalue weighted by Gasteiger charge is -2.44. The first-order valence-electron chi connectivity index (χ1n) is 6.00. The van der Waals surface area contributed by atoms with E-state index < -0.39 is 12.3 Å². The van der Waals surface area contributed by atoms with Gasteiger partial charge in [-0.3, -0.25) is 0 Å².